The zero-order chi connectivity index (χ0) is 14.8. The number of hydrogen-bond acceptors (Lipinski definition) is 1. The van der Waals surface area contributed by atoms with Crippen LogP contribution in [0, 0.1) is 5.92 Å². The molecular weight excluding hydrogens is 394 g/mol. The molecule has 0 aromatic heterocycles. The molecule has 2 fully saturated rings. The van der Waals surface area contributed by atoms with E-state index in [9.17, 15) is 4.79 Å². The normalized spacial score (nSPS) is 19.5. The van der Waals surface area contributed by atoms with Crippen LogP contribution in [-0.4, -0.2) is 23.4 Å². The molecule has 2 aliphatic rings. The monoisotopic (exact) mass is 413 g/mol. The van der Waals surface area contributed by atoms with E-state index in [4.69, 9.17) is 0 Å². The van der Waals surface area contributed by atoms with Crippen molar-refractivity contribution < 1.29 is 4.79 Å². The molecule has 0 atom stereocenters. The maximum Gasteiger partial charge on any atom is 0.255 e. The summed E-state index contributed by atoms with van der Waals surface area (Å²) in [4.78, 5) is 15.1. The topological polar surface area (TPSA) is 20.3 Å². The molecule has 0 unspecified atom stereocenters. The van der Waals surface area contributed by atoms with Crippen molar-refractivity contribution in [3.05, 3.63) is 32.7 Å². The molecule has 1 aromatic carbocycles. The second-order valence-corrected chi connectivity index (χ2v) is 8.09. The predicted molar refractivity (Wildman–Crippen MR) is 92.5 cm³/mol. The number of carbonyl (C=O) groups is 1. The second kappa shape index (κ2) is 6.82. The average Bonchev–Trinajstić information content (AvgIpc) is 3.30. The lowest BCUT2D eigenvalue weighted by molar-refractivity contribution is 0.0698. The fourth-order valence-corrected chi connectivity index (χ4v) is 4.47. The van der Waals surface area contributed by atoms with E-state index in [-0.39, 0.29) is 5.91 Å². The van der Waals surface area contributed by atoms with Crippen LogP contribution in [0.15, 0.2) is 27.1 Å². The maximum atomic E-state index is 12.9. The maximum absolute atomic E-state index is 12.9. The summed E-state index contributed by atoms with van der Waals surface area (Å²) in [6.07, 6.45) is 8.96. The summed E-state index contributed by atoms with van der Waals surface area (Å²) < 4.78 is 1.88. The van der Waals surface area contributed by atoms with Crippen molar-refractivity contribution in [3.63, 3.8) is 0 Å². The Morgan fingerprint density at radius 2 is 1.81 bits per heavy atom. The summed E-state index contributed by atoms with van der Waals surface area (Å²) in [6.45, 7) is 0.950. The Labute approximate surface area is 143 Å². The van der Waals surface area contributed by atoms with Gasteiger partial charge in [-0.25, -0.2) is 0 Å². The quantitative estimate of drug-likeness (QED) is 0.646. The van der Waals surface area contributed by atoms with E-state index < -0.39 is 0 Å². The van der Waals surface area contributed by atoms with Crippen molar-refractivity contribution in [1.82, 2.24) is 4.90 Å². The van der Waals surface area contributed by atoms with Crippen LogP contribution >= 0.6 is 31.9 Å². The lowest BCUT2D eigenvalue weighted by atomic mass is 9.89. The molecule has 0 aliphatic heterocycles. The molecule has 0 bridgehead atoms. The Morgan fingerprint density at radius 1 is 1.10 bits per heavy atom. The average molecular weight is 415 g/mol. The van der Waals surface area contributed by atoms with Gasteiger partial charge in [-0.05, 0) is 65.7 Å². The molecule has 3 rings (SSSR count). The number of nitrogens with zero attached hydrogens (tertiary/aromatic N) is 1. The van der Waals surface area contributed by atoms with Crippen LogP contribution in [0.4, 0.5) is 0 Å². The predicted octanol–water partition coefficient (Wildman–Crippen LogP) is 5.40. The zero-order valence-corrected chi connectivity index (χ0v) is 15.3. The Balaban J connectivity index is 1.75. The second-order valence-electron chi connectivity index (χ2n) is 6.32. The van der Waals surface area contributed by atoms with Gasteiger partial charge in [0.25, 0.3) is 5.91 Å². The molecule has 114 valence electrons. The van der Waals surface area contributed by atoms with Crippen molar-refractivity contribution in [2.75, 3.05) is 6.54 Å². The van der Waals surface area contributed by atoms with Gasteiger partial charge in [-0.15, -0.1) is 0 Å². The first-order valence-corrected chi connectivity index (χ1v) is 9.50. The molecule has 0 N–H and O–H groups in total. The van der Waals surface area contributed by atoms with E-state index in [1.807, 2.05) is 18.2 Å². The first kappa shape index (κ1) is 15.5. The van der Waals surface area contributed by atoms with Crippen LogP contribution in [0.1, 0.15) is 55.3 Å². The first-order valence-electron chi connectivity index (χ1n) is 7.91. The van der Waals surface area contributed by atoms with Crippen molar-refractivity contribution >= 4 is 37.8 Å². The highest BCUT2D eigenvalue weighted by molar-refractivity contribution is 9.11. The first-order chi connectivity index (χ1) is 10.1. The SMILES string of the molecule is O=C(c1ccc(Br)cc1Br)N(CC1CCCCC1)C1CC1. The summed E-state index contributed by atoms with van der Waals surface area (Å²) in [5, 5.41) is 0. The van der Waals surface area contributed by atoms with Gasteiger partial charge in [-0.2, -0.15) is 0 Å². The molecule has 2 nitrogen and oxygen atoms in total. The fraction of sp³-hybridized carbons (Fsp3) is 0.588. The molecule has 1 aromatic rings. The van der Waals surface area contributed by atoms with Crippen LogP contribution in [0.5, 0.6) is 0 Å². The Kier molecular flexibility index (Phi) is 5.05. The highest BCUT2D eigenvalue weighted by Crippen LogP contribution is 2.33. The molecule has 21 heavy (non-hydrogen) atoms. The molecule has 2 saturated carbocycles. The van der Waals surface area contributed by atoms with E-state index >= 15 is 0 Å². The molecule has 2 aliphatic carbocycles. The van der Waals surface area contributed by atoms with Gasteiger partial charge < -0.3 is 4.90 Å². The molecular formula is C17H21Br2NO. The van der Waals surface area contributed by atoms with Gasteiger partial charge in [0.05, 0.1) is 5.56 Å². The van der Waals surface area contributed by atoms with Crippen LogP contribution < -0.4 is 0 Å². The van der Waals surface area contributed by atoms with Gasteiger partial charge in [0, 0.05) is 21.5 Å². The Hall–Kier alpha value is -0.350. The third-order valence-corrected chi connectivity index (χ3v) is 5.74. The number of rotatable bonds is 4. The molecule has 0 spiro atoms. The Morgan fingerprint density at radius 3 is 2.43 bits per heavy atom. The minimum absolute atomic E-state index is 0.197. The smallest absolute Gasteiger partial charge is 0.255 e. The molecule has 0 radical (unpaired) electrons. The lowest BCUT2D eigenvalue weighted by Gasteiger charge is -2.30. The van der Waals surface area contributed by atoms with Crippen LogP contribution in [0.3, 0.4) is 0 Å². The highest BCUT2D eigenvalue weighted by Gasteiger charge is 2.35. The van der Waals surface area contributed by atoms with Gasteiger partial charge in [0.15, 0.2) is 0 Å². The summed E-state index contributed by atoms with van der Waals surface area (Å²) in [7, 11) is 0. The summed E-state index contributed by atoms with van der Waals surface area (Å²) in [5.41, 5.74) is 0.793. The van der Waals surface area contributed by atoms with Gasteiger partial charge >= 0.3 is 0 Å². The fourth-order valence-electron chi connectivity index (χ4n) is 3.25. The van der Waals surface area contributed by atoms with E-state index in [0.717, 1.165) is 21.1 Å². The summed E-state index contributed by atoms with van der Waals surface area (Å²) in [6, 6.07) is 6.31. The van der Waals surface area contributed by atoms with Crippen molar-refractivity contribution in [1.29, 1.82) is 0 Å². The molecule has 4 heteroatoms. The summed E-state index contributed by atoms with van der Waals surface area (Å²) in [5.74, 6) is 0.903. The third-order valence-electron chi connectivity index (χ3n) is 4.59. The highest BCUT2D eigenvalue weighted by atomic mass is 79.9. The number of hydrogen-bond donors (Lipinski definition) is 0. The lowest BCUT2D eigenvalue weighted by Crippen LogP contribution is -2.38. The molecule has 0 saturated heterocycles. The van der Waals surface area contributed by atoms with Crippen LogP contribution in [0.25, 0.3) is 0 Å². The standard InChI is InChI=1S/C17H21Br2NO/c18-13-6-9-15(16(19)10-13)17(21)20(14-7-8-14)11-12-4-2-1-3-5-12/h6,9-10,12,14H,1-5,7-8,11H2. The van der Waals surface area contributed by atoms with Crippen LogP contribution in [0.2, 0.25) is 0 Å². The van der Waals surface area contributed by atoms with E-state index in [0.29, 0.717) is 12.0 Å². The third kappa shape index (κ3) is 3.89. The van der Waals surface area contributed by atoms with Gasteiger partial charge in [-0.1, -0.05) is 35.2 Å². The largest absolute Gasteiger partial charge is 0.335 e. The van der Waals surface area contributed by atoms with Crippen LogP contribution in [-0.2, 0) is 0 Å². The van der Waals surface area contributed by atoms with Gasteiger partial charge in [-0.3, -0.25) is 4.79 Å². The van der Waals surface area contributed by atoms with Gasteiger partial charge in [0.1, 0.15) is 0 Å². The number of halogens is 2. The molecule has 1 amide bonds. The van der Waals surface area contributed by atoms with E-state index in [1.54, 1.807) is 0 Å². The van der Waals surface area contributed by atoms with Crippen molar-refractivity contribution in [2.45, 2.75) is 51.0 Å². The van der Waals surface area contributed by atoms with E-state index in [1.165, 1.54) is 44.9 Å². The molecule has 0 heterocycles. The minimum atomic E-state index is 0.197. The number of benzene rings is 1. The summed E-state index contributed by atoms with van der Waals surface area (Å²) >= 11 is 6.98. The van der Waals surface area contributed by atoms with Crippen molar-refractivity contribution in [2.24, 2.45) is 5.92 Å². The number of carbonyl (C=O) groups excluding carboxylic acids is 1. The van der Waals surface area contributed by atoms with Gasteiger partial charge in [0.2, 0.25) is 0 Å². The van der Waals surface area contributed by atoms with E-state index in [2.05, 4.69) is 36.8 Å². The Bertz CT molecular complexity index is 522. The van der Waals surface area contributed by atoms with Crippen molar-refractivity contribution in [3.8, 4) is 0 Å². The number of amides is 1. The minimum Gasteiger partial charge on any atom is -0.335 e. The zero-order valence-electron chi connectivity index (χ0n) is 12.2.